The van der Waals surface area contributed by atoms with Crippen LogP contribution >= 0.6 is 11.6 Å². The lowest BCUT2D eigenvalue weighted by molar-refractivity contribution is 0.986. The molecule has 0 radical (unpaired) electrons. The first-order valence-corrected chi connectivity index (χ1v) is 5.27. The van der Waals surface area contributed by atoms with Crippen molar-refractivity contribution in [2.75, 3.05) is 0 Å². The number of benzene rings is 1. The fourth-order valence-corrected chi connectivity index (χ4v) is 1.87. The summed E-state index contributed by atoms with van der Waals surface area (Å²) in [5.41, 5.74) is 3.20. The van der Waals surface area contributed by atoms with Gasteiger partial charge in [0.2, 0.25) is 0 Å². The molecule has 1 aromatic heterocycles. The SMILES string of the molecule is Cc1cc2[nH]c(C3CC3)nc2cc1Cl. The quantitative estimate of drug-likeness (QED) is 0.761. The zero-order chi connectivity index (χ0) is 9.71. The summed E-state index contributed by atoms with van der Waals surface area (Å²) in [4.78, 5) is 7.89. The Labute approximate surface area is 87.3 Å². The molecule has 1 aliphatic rings. The number of aromatic nitrogens is 2. The zero-order valence-corrected chi connectivity index (χ0v) is 8.73. The molecular weight excluding hydrogens is 196 g/mol. The Hall–Kier alpha value is -1.02. The van der Waals surface area contributed by atoms with Crippen molar-refractivity contribution in [2.24, 2.45) is 0 Å². The van der Waals surface area contributed by atoms with Crippen LogP contribution in [0.1, 0.15) is 30.1 Å². The van der Waals surface area contributed by atoms with E-state index in [0.29, 0.717) is 5.92 Å². The van der Waals surface area contributed by atoms with E-state index in [1.54, 1.807) is 0 Å². The third kappa shape index (κ3) is 1.22. The van der Waals surface area contributed by atoms with Crippen LogP contribution in [-0.4, -0.2) is 9.97 Å². The lowest BCUT2D eigenvalue weighted by Gasteiger charge is -1.95. The molecule has 3 heteroatoms. The minimum absolute atomic E-state index is 0.668. The summed E-state index contributed by atoms with van der Waals surface area (Å²) in [5.74, 6) is 1.79. The van der Waals surface area contributed by atoms with Crippen LogP contribution in [0.2, 0.25) is 5.02 Å². The van der Waals surface area contributed by atoms with Crippen LogP contribution in [0.5, 0.6) is 0 Å². The molecule has 2 nitrogen and oxygen atoms in total. The van der Waals surface area contributed by atoms with E-state index >= 15 is 0 Å². The Morgan fingerprint density at radius 3 is 2.93 bits per heavy atom. The third-order valence-electron chi connectivity index (χ3n) is 2.74. The minimum atomic E-state index is 0.668. The monoisotopic (exact) mass is 206 g/mol. The molecule has 1 aliphatic carbocycles. The molecule has 72 valence electrons. The van der Waals surface area contributed by atoms with E-state index in [1.807, 2.05) is 13.0 Å². The Bertz CT molecular complexity index is 458. The fraction of sp³-hybridized carbons (Fsp3) is 0.364. The Balaban J connectivity index is 2.22. The summed E-state index contributed by atoms with van der Waals surface area (Å²) in [5, 5.41) is 0.798. The number of nitrogens with one attached hydrogen (secondary N) is 1. The Morgan fingerprint density at radius 1 is 1.43 bits per heavy atom. The standard InChI is InChI=1S/C11H11ClN2/c1-6-4-9-10(5-8(6)12)14-11(13-9)7-2-3-7/h4-5,7H,2-3H2,1H3,(H,13,14). The van der Waals surface area contributed by atoms with Crippen molar-refractivity contribution in [3.8, 4) is 0 Å². The van der Waals surface area contributed by atoms with E-state index in [1.165, 1.54) is 12.8 Å². The zero-order valence-electron chi connectivity index (χ0n) is 7.97. The third-order valence-corrected chi connectivity index (χ3v) is 3.15. The van der Waals surface area contributed by atoms with Crippen LogP contribution in [0.15, 0.2) is 12.1 Å². The maximum absolute atomic E-state index is 6.04. The Kier molecular flexibility index (Phi) is 1.62. The molecule has 14 heavy (non-hydrogen) atoms. The molecule has 0 atom stereocenters. The summed E-state index contributed by atoms with van der Waals surface area (Å²) in [6, 6.07) is 4.01. The summed E-state index contributed by atoms with van der Waals surface area (Å²) in [6.07, 6.45) is 2.54. The average molecular weight is 207 g/mol. The number of imidazole rings is 1. The minimum Gasteiger partial charge on any atom is -0.342 e. The van der Waals surface area contributed by atoms with Crippen LogP contribution in [0, 0.1) is 6.92 Å². The largest absolute Gasteiger partial charge is 0.342 e. The molecule has 0 saturated heterocycles. The molecule has 1 fully saturated rings. The van der Waals surface area contributed by atoms with Gasteiger partial charge in [-0.2, -0.15) is 0 Å². The van der Waals surface area contributed by atoms with E-state index < -0.39 is 0 Å². The van der Waals surface area contributed by atoms with Gasteiger partial charge in [-0.1, -0.05) is 11.6 Å². The highest BCUT2D eigenvalue weighted by Crippen LogP contribution is 2.39. The van der Waals surface area contributed by atoms with Crippen molar-refractivity contribution in [1.82, 2.24) is 9.97 Å². The lowest BCUT2D eigenvalue weighted by Crippen LogP contribution is -1.79. The average Bonchev–Trinajstić information content (AvgIpc) is 2.90. The van der Waals surface area contributed by atoms with Crippen molar-refractivity contribution in [3.05, 3.63) is 28.5 Å². The first kappa shape index (κ1) is 8.30. The van der Waals surface area contributed by atoms with Crippen molar-refractivity contribution in [3.63, 3.8) is 0 Å². The number of H-pyrrole nitrogens is 1. The van der Waals surface area contributed by atoms with Crippen LogP contribution in [0.25, 0.3) is 11.0 Å². The molecule has 0 spiro atoms. The van der Waals surface area contributed by atoms with E-state index in [9.17, 15) is 0 Å². The fourth-order valence-electron chi connectivity index (χ4n) is 1.71. The highest BCUT2D eigenvalue weighted by atomic mass is 35.5. The lowest BCUT2D eigenvalue weighted by atomic mass is 10.2. The molecule has 0 bridgehead atoms. The smallest absolute Gasteiger partial charge is 0.110 e. The predicted octanol–water partition coefficient (Wildman–Crippen LogP) is 3.40. The van der Waals surface area contributed by atoms with Crippen LogP contribution in [0.3, 0.4) is 0 Å². The van der Waals surface area contributed by atoms with Crippen molar-refractivity contribution in [1.29, 1.82) is 0 Å². The number of halogens is 1. The second-order valence-corrected chi connectivity index (χ2v) is 4.42. The second kappa shape index (κ2) is 2.74. The first-order chi connectivity index (χ1) is 6.74. The summed E-state index contributed by atoms with van der Waals surface area (Å²) >= 11 is 6.04. The first-order valence-electron chi connectivity index (χ1n) is 4.90. The normalized spacial score (nSPS) is 16.4. The number of aromatic amines is 1. The predicted molar refractivity (Wildman–Crippen MR) is 57.8 cm³/mol. The van der Waals surface area contributed by atoms with E-state index in [2.05, 4.69) is 16.0 Å². The van der Waals surface area contributed by atoms with Gasteiger partial charge < -0.3 is 4.98 Å². The maximum atomic E-state index is 6.04. The maximum Gasteiger partial charge on any atom is 0.110 e. The molecule has 2 aromatic rings. The van der Waals surface area contributed by atoms with E-state index in [-0.39, 0.29) is 0 Å². The van der Waals surface area contributed by atoms with Gasteiger partial charge in [-0.15, -0.1) is 0 Å². The number of hydrogen-bond donors (Lipinski definition) is 1. The number of rotatable bonds is 1. The summed E-state index contributed by atoms with van der Waals surface area (Å²) in [6.45, 7) is 2.01. The highest BCUT2D eigenvalue weighted by Gasteiger charge is 2.26. The number of aryl methyl sites for hydroxylation is 1. The van der Waals surface area contributed by atoms with Crippen LogP contribution in [0.4, 0.5) is 0 Å². The van der Waals surface area contributed by atoms with Gasteiger partial charge in [0.15, 0.2) is 0 Å². The highest BCUT2D eigenvalue weighted by molar-refractivity contribution is 6.32. The van der Waals surface area contributed by atoms with Crippen molar-refractivity contribution >= 4 is 22.6 Å². The van der Waals surface area contributed by atoms with Gasteiger partial charge in [-0.05, 0) is 37.5 Å². The van der Waals surface area contributed by atoms with Gasteiger partial charge >= 0.3 is 0 Å². The van der Waals surface area contributed by atoms with Crippen molar-refractivity contribution < 1.29 is 0 Å². The number of nitrogens with zero attached hydrogens (tertiary/aromatic N) is 1. The molecule has 1 saturated carbocycles. The molecule has 1 aromatic carbocycles. The van der Waals surface area contributed by atoms with Gasteiger partial charge in [-0.3, -0.25) is 0 Å². The van der Waals surface area contributed by atoms with Gasteiger partial charge in [0.1, 0.15) is 5.82 Å². The molecular formula is C11H11ClN2. The molecule has 0 amide bonds. The summed E-state index contributed by atoms with van der Waals surface area (Å²) in [7, 11) is 0. The van der Waals surface area contributed by atoms with Gasteiger partial charge in [0.25, 0.3) is 0 Å². The molecule has 1 heterocycles. The molecule has 3 rings (SSSR count). The van der Waals surface area contributed by atoms with Crippen LogP contribution < -0.4 is 0 Å². The summed E-state index contributed by atoms with van der Waals surface area (Å²) < 4.78 is 0. The second-order valence-electron chi connectivity index (χ2n) is 4.01. The number of fused-ring (bicyclic) bond motifs is 1. The molecule has 0 aliphatic heterocycles. The molecule has 0 unspecified atom stereocenters. The van der Waals surface area contributed by atoms with Gasteiger partial charge in [0, 0.05) is 10.9 Å². The van der Waals surface area contributed by atoms with Gasteiger partial charge in [-0.25, -0.2) is 4.98 Å². The van der Waals surface area contributed by atoms with Gasteiger partial charge in [0.05, 0.1) is 11.0 Å². The number of hydrogen-bond acceptors (Lipinski definition) is 1. The van der Waals surface area contributed by atoms with Crippen LogP contribution in [-0.2, 0) is 0 Å². The Morgan fingerprint density at radius 2 is 2.21 bits per heavy atom. The molecule has 1 N–H and O–H groups in total. The topological polar surface area (TPSA) is 28.7 Å². The van der Waals surface area contributed by atoms with Crippen molar-refractivity contribution in [2.45, 2.75) is 25.7 Å². The van der Waals surface area contributed by atoms with E-state index in [4.69, 9.17) is 11.6 Å². The van der Waals surface area contributed by atoms with E-state index in [0.717, 1.165) is 27.4 Å².